The van der Waals surface area contributed by atoms with Crippen molar-refractivity contribution in [2.75, 3.05) is 7.11 Å². The smallest absolute Gasteiger partial charge is 0.303 e. The zero-order valence-corrected chi connectivity index (χ0v) is 9.44. The van der Waals surface area contributed by atoms with Gasteiger partial charge in [-0.15, -0.1) is 0 Å². The maximum absolute atomic E-state index is 10.8. The lowest BCUT2D eigenvalue weighted by Gasteiger charge is -2.37. The van der Waals surface area contributed by atoms with Crippen molar-refractivity contribution < 1.29 is 24.5 Å². The fourth-order valence-electron chi connectivity index (χ4n) is 2.50. The SMILES string of the molecule is COC1CCC(CC(=O)O)(CC(=O)O)CC1. The molecule has 0 amide bonds. The number of carboxylic acid groups (broad SMARTS) is 2. The Kier molecular flexibility index (Phi) is 4.29. The van der Waals surface area contributed by atoms with Crippen LogP contribution in [0.1, 0.15) is 38.5 Å². The molecule has 2 N–H and O–H groups in total. The summed E-state index contributed by atoms with van der Waals surface area (Å²) in [7, 11) is 1.63. The van der Waals surface area contributed by atoms with Crippen LogP contribution in [0.25, 0.3) is 0 Å². The minimum absolute atomic E-state index is 0.0598. The monoisotopic (exact) mass is 230 g/mol. The van der Waals surface area contributed by atoms with Crippen LogP contribution >= 0.6 is 0 Å². The molecule has 0 aliphatic heterocycles. The van der Waals surface area contributed by atoms with Gasteiger partial charge in [0.25, 0.3) is 0 Å². The largest absolute Gasteiger partial charge is 0.481 e. The molecule has 1 fully saturated rings. The minimum atomic E-state index is -0.919. The van der Waals surface area contributed by atoms with Gasteiger partial charge in [-0.3, -0.25) is 9.59 Å². The standard InChI is InChI=1S/C11H18O5/c1-16-8-2-4-11(5-3-8,6-9(12)13)7-10(14)15/h8H,2-7H2,1H3,(H,12,13)(H,14,15). The molecule has 0 saturated heterocycles. The highest BCUT2D eigenvalue weighted by molar-refractivity contribution is 5.72. The average Bonchev–Trinajstić information content (AvgIpc) is 2.16. The molecular weight excluding hydrogens is 212 g/mol. The van der Waals surface area contributed by atoms with Crippen LogP contribution < -0.4 is 0 Å². The molecule has 0 radical (unpaired) electrons. The molecule has 0 unspecified atom stereocenters. The van der Waals surface area contributed by atoms with E-state index in [4.69, 9.17) is 14.9 Å². The second-order valence-electron chi connectivity index (χ2n) is 4.58. The zero-order valence-electron chi connectivity index (χ0n) is 9.44. The molecule has 5 heteroatoms. The number of carbonyl (C=O) groups is 2. The van der Waals surface area contributed by atoms with Gasteiger partial charge in [-0.1, -0.05) is 0 Å². The van der Waals surface area contributed by atoms with Gasteiger partial charge in [-0.05, 0) is 31.1 Å². The lowest BCUT2D eigenvalue weighted by molar-refractivity contribution is -0.145. The molecule has 5 nitrogen and oxygen atoms in total. The van der Waals surface area contributed by atoms with E-state index in [-0.39, 0.29) is 18.9 Å². The van der Waals surface area contributed by atoms with Crippen LogP contribution in [0, 0.1) is 5.41 Å². The summed E-state index contributed by atoms with van der Waals surface area (Å²) in [4.78, 5) is 21.6. The molecule has 0 aromatic carbocycles. The molecule has 1 saturated carbocycles. The summed E-state index contributed by atoms with van der Waals surface area (Å²) in [6.45, 7) is 0. The predicted molar refractivity (Wildman–Crippen MR) is 56.2 cm³/mol. The zero-order chi connectivity index (χ0) is 12.2. The van der Waals surface area contributed by atoms with Crippen LogP contribution in [0.4, 0.5) is 0 Å². The Labute approximate surface area is 94.4 Å². The molecule has 0 aromatic rings. The summed E-state index contributed by atoms with van der Waals surface area (Å²) < 4.78 is 5.20. The summed E-state index contributed by atoms with van der Waals surface area (Å²) in [5.41, 5.74) is -0.577. The number of hydrogen-bond acceptors (Lipinski definition) is 3. The quantitative estimate of drug-likeness (QED) is 0.747. The van der Waals surface area contributed by atoms with Crippen molar-refractivity contribution in [3.8, 4) is 0 Å². The van der Waals surface area contributed by atoms with Crippen LogP contribution in [0.2, 0.25) is 0 Å². The van der Waals surface area contributed by atoms with E-state index in [9.17, 15) is 9.59 Å². The number of aliphatic carboxylic acids is 2. The van der Waals surface area contributed by atoms with Gasteiger partial charge in [-0.25, -0.2) is 0 Å². The Morgan fingerprint density at radius 2 is 1.62 bits per heavy atom. The van der Waals surface area contributed by atoms with E-state index in [0.717, 1.165) is 12.8 Å². The van der Waals surface area contributed by atoms with E-state index in [2.05, 4.69) is 0 Å². The first kappa shape index (κ1) is 13.0. The third-order valence-corrected chi connectivity index (χ3v) is 3.38. The summed E-state index contributed by atoms with van der Waals surface area (Å²) >= 11 is 0. The van der Waals surface area contributed by atoms with Crippen LogP contribution in [0.5, 0.6) is 0 Å². The van der Waals surface area contributed by atoms with E-state index < -0.39 is 17.4 Å². The summed E-state index contributed by atoms with van der Waals surface area (Å²) in [5.74, 6) is -1.84. The molecule has 1 rings (SSSR count). The third-order valence-electron chi connectivity index (χ3n) is 3.38. The van der Waals surface area contributed by atoms with Gasteiger partial charge in [0.15, 0.2) is 0 Å². The second-order valence-corrected chi connectivity index (χ2v) is 4.58. The van der Waals surface area contributed by atoms with Crippen molar-refractivity contribution in [2.24, 2.45) is 5.41 Å². The second kappa shape index (κ2) is 5.30. The van der Waals surface area contributed by atoms with Gasteiger partial charge in [0, 0.05) is 7.11 Å². The van der Waals surface area contributed by atoms with Crippen molar-refractivity contribution in [1.82, 2.24) is 0 Å². The molecule has 0 spiro atoms. The average molecular weight is 230 g/mol. The van der Waals surface area contributed by atoms with Gasteiger partial charge in [0.05, 0.1) is 18.9 Å². The Hall–Kier alpha value is -1.10. The van der Waals surface area contributed by atoms with Gasteiger partial charge < -0.3 is 14.9 Å². The van der Waals surface area contributed by atoms with Crippen molar-refractivity contribution in [2.45, 2.75) is 44.6 Å². The molecule has 0 bridgehead atoms. The maximum atomic E-state index is 10.8. The number of hydrogen-bond donors (Lipinski definition) is 2. The van der Waals surface area contributed by atoms with Crippen LogP contribution in [0.15, 0.2) is 0 Å². The Morgan fingerprint density at radius 3 is 1.94 bits per heavy atom. The normalized spacial score (nSPS) is 20.6. The molecule has 92 valence electrons. The molecule has 0 atom stereocenters. The minimum Gasteiger partial charge on any atom is -0.481 e. The summed E-state index contributed by atoms with van der Waals surface area (Å²) in [6.07, 6.45) is 2.75. The lowest BCUT2D eigenvalue weighted by Crippen LogP contribution is -2.34. The van der Waals surface area contributed by atoms with Gasteiger partial charge in [0.1, 0.15) is 0 Å². The number of methoxy groups -OCH3 is 1. The van der Waals surface area contributed by atoms with E-state index >= 15 is 0 Å². The Balaban J connectivity index is 2.66. The van der Waals surface area contributed by atoms with Crippen LogP contribution in [-0.2, 0) is 14.3 Å². The maximum Gasteiger partial charge on any atom is 0.303 e. The Morgan fingerprint density at radius 1 is 1.19 bits per heavy atom. The molecule has 0 heterocycles. The molecular formula is C11H18O5. The Bertz CT molecular complexity index is 248. The fourth-order valence-corrected chi connectivity index (χ4v) is 2.50. The molecule has 16 heavy (non-hydrogen) atoms. The van der Waals surface area contributed by atoms with Gasteiger partial charge in [0.2, 0.25) is 0 Å². The first-order valence-corrected chi connectivity index (χ1v) is 5.44. The van der Waals surface area contributed by atoms with E-state index in [1.54, 1.807) is 7.11 Å². The van der Waals surface area contributed by atoms with Crippen molar-refractivity contribution in [3.05, 3.63) is 0 Å². The highest BCUT2D eigenvalue weighted by Gasteiger charge is 2.39. The van der Waals surface area contributed by atoms with E-state index in [0.29, 0.717) is 12.8 Å². The number of rotatable bonds is 5. The van der Waals surface area contributed by atoms with E-state index in [1.807, 2.05) is 0 Å². The van der Waals surface area contributed by atoms with Gasteiger partial charge >= 0.3 is 11.9 Å². The highest BCUT2D eigenvalue weighted by atomic mass is 16.5. The molecule has 1 aliphatic rings. The molecule has 0 aromatic heterocycles. The first-order valence-electron chi connectivity index (χ1n) is 5.44. The van der Waals surface area contributed by atoms with Crippen molar-refractivity contribution >= 4 is 11.9 Å². The first-order chi connectivity index (χ1) is 7.47. The lowest BCUT2D eigenvalue weighted by atomic mass is 9.69. The number of carboxylic acids is 2. The predicted octanol–water partition coefficient (Wildman–Crippen LogP) is 1.51. The van der Waals surface area contributed by atoms with E-state index in [1.165, 1.54) is 0 Å². The molecule has 1 aliphatic carbocycles. The fraction of sp³-hybridized carbons (Fsp3) is 0.818. The summed E-state index contributed by atoms with van der Waals surface area (Å²) in [6, 6.07) is 0. The van der Waals surface area contributed by atoms with Crippen molar-refractivity contribution in [3.63, 3.8) is 0 Å². The van der Waals surface area contributed by atoms with Crippen LogP contribution in [0.3, 0.4) is 0 Å². The third kappa shape index (κ3) is 3.48. The highest BCUT2D eigenvalue weighted by Crippen LogP contribution is 2.42. The summed E-state index contributed by atoms with van der Waals surface area (Å²) in [5, 5.41) is 17.7. The van der Waals surface area contributed by atoms with Crippen molar-refractivity contribution in [1.29, 1.82) is 0 Å². The topological polar surface area (TPSA) is 83.8 Å². The van der Waals surface area contributed by atoms with Gasteiger partial charge in [-0.2, -0.15) is 0 Å². The van der Waals surface area contributed by atoms with Crippen LogP contribution in [-0.4, -0.2) is 35.4 Å². The number of ether oxygens (including phenoxy) is 1.